The first kappa shape index (κ1) is 23.2. The zero-order valence-electron chi connectivity index (χ0n) is 18.4. The predicted molar refractivity (Wildman–Crippen MR) is 121 cm³/mol. The molecular weight excluding hydrogens is 448 g/mol. The Morgan fingerprint density at radius 3 is 2.44 bits per heavy atom. The first-order valence-electron chi connectivity index (χ1n) is 10.7. The van der Waals surface area contributed by atoms with Crippen LogP contribution >= 0.6 is 0 Å². The van der Waals surface area contributed by atoms with Gasteiger partial charge >= 0.3 is 5.97 Å². The number of carbonyl (C=O) groups excluding carboxylic acids is 1. The van der Waals surface area contributed by atoms with Crippen LogP contribution in [0.25, 0.3) is 10.9 Å². The normalized spacial score (nSPS) is 14.4. The minimum absolute atomic E-state index is 0.0345. The molecule has 1 aromatic heterocycles. The lowest BCUT2D eigenvalue weighted by molar-refractivity contribution is -0.122. The van der Waals surface area contributed by atoms with E-state index in [0.29, 0.717) is 37.0 Å². The van der Waals surface area contributed by atoms with Gasteiger partial charge in [0.2, 0.25) is 11.3 Å². The molecular formula is C24H23F2N3O5. The monoisotopic (exact) mass is 471 g/mol. The summed E-state index contributed by atoms with van der Waals surface area (Å²) in [5, 5.41) is 9.40. The third kappa shape index (κ3) is 4.30. The molecule has 0 atom stereocenters. The molecule has 2 heterocycles. The quantitative estimate of drug-likeness (QED) is 0.571. The lowest BCUT2D eigenvalue weighted by atomic mass is 9.95. The highest BCUT2D eigenvalue weighted by Crippen LogP contribution is 2.29. The SMILES string of the molecule is COc1ccc(Cn2cc(C(=O)O)c(=O)c3cc(F)c(N4CCC(C(N)=O)CC4)cc32)cc1F. The number of hydrogen-bond acceptors (Lipinski definition) is 5. The molecule has 2 aromatic carbocycles. The molecule has 1 saturated heterocycles. The van der Waals surface area contributed by atoms with E-state index in [1.165, 1.54) is 36.1 Å². The molecule has 4 rings (SSSR count). The Bertz CT molecular complexity index is 1350. The number of amides is 1. The van der Waals surface area contributed by atoms with E-state index in [9.17, 15) is 23.9 Å². The number of carboxylic acids is 1. The first-order valence-corrected chi connectivity index (χ1v) is 10.7. The number of carboxylic acid groups (broad SMARTS) is 1. The van der Waals surface area contributed by atoms with E-state index in [-0.39, 0.29) is 35.2 Å². The van der Waals surface area contributed by atoms with E-state index in [1.807, 2.05) is 0 Å². The number of primary amides is 1. The molecule has 0 spiro atoms. The van der Waals surface area contributed by atoms with Gasteiger partial charge < -0.3 is 25.0 Å². The molecule has 0 saturated carbocycles. The van der Waals surface area contributed by atoms with Crippen molar-refractivity contribution in [3.63, 3.8) is 0 Å². The van der Waals surface area contributed by atoms with Crippen LogP contribution in [0.4, 0.5) is 14.5 Å². The number of piperidine rings is 1. The summed E-state index contributed by atoms with van der Waals surface area (Å²) in [6.07, 6.45) is 2.13. The van der Waals surface area contributed by atoms with Crippen molar-refractivity contribution in [2.24, 2.45) is 11.7 Å². The highest BCUT2D eigenvalue weighted by Gasteiger charge is 2.26. The second kappa shape index (κ2) is 9.12. The summed E-state index contributed by atoms with van der Waals surface area (Å²) >= 11 is 0. The summed E-state index contributed by atoms with van der Waals surface area (Å²) in [5.41, 5.74) is 5.08. The summed E-state index contributed by atoms with van der Waals surface area (Å²) in [7, 11) is 1.34. The number of nitrogens with zero attached hydrogens (tertiary/aromatic N) is 2. The third-order valence-electron chi connectivity index (χ3n) is 6.19. The van der Waals surface area contributed by atoms with E-state index in [2.05, 4.69) is 0 Å². The van der Waals surface area contributed by atoms with Crippen molar-refractivity contribution in [2.75, 3.05) is 25.1 Å². The van der Waals surface area contributed by atoms with Crippen LogP contribution < -0.4 is 20.8 Å². The standard InChI is InChI=1S/C24H23F2N3O5/c1-34-21-3-2-13(8-18(21)26)11-29-12-16(24(32)33)22(30)15-9-17(25)20(10-19(15)29)28-6-4-14(5-7-28)23(27)31/h2-3,8-10,12,14H,4-7,11H2,1H3,(H2,27,31)(H,32,33). The molecule has 3 aromatic rings. The molecule has 1 aliphatic rings. The maximum atomic E-state index is 15.1. The van der Waals surface area contributed by atoms with Crippen LogP contribution in [0.15, 0.2) is 41.3 Å². The molecule has 3 N–H and O–H groups in total. The Hall–Kier alpha value is -3.95. The number of aromatic carboxylic acids is 1. The van der Waals surface area contributed by atoms with E-state index in [4.69, 9.17) is 10.5 Å². The van der Waals surface area contributed by atoms with Gasteiger partial charge in [0.25, 0.3) is 0 Å². The van der Waals surface area contributed by atoms with Crippen molar-refractivity contribution in [2.45, 2.75) is 19.4 Å². The van der Waals surface area contributed by atoms with Gasteiger partial charge in [-0.15, -0.1) is 0 Å². The van der Waals surface area contributed by atoms with Crippen molar-refractivity contribution >= 4 is 28.5 Å². The van der Waals surface area contributed by atoms with Crippen LogP contribution in [-0.2, 0) is 11.3 Å². The lowest BCUT2D eigenvalue weighted by Gasteiger charge is -2.32. The smallest absolute Gasteiger partial charge is 0.341 e. The number of anilines is 1. The van der Waals surface area contributed by atoms with Gasteiger partial charge in [-0.3, -0.25) is 9.59 Å². The van der Waals surface area contributed by atoms with Crippen LogP contribution in [0.3, 0.4) is 0 Å². The van der Waals surface area contributed by atoms with Crippen LogP contribution in [0.1, 0.15) is 28.8 Å². The molecule has 1 amide bonds. The van der Waals surface area contributed by atoms with Gasteiger partial charge in [0.1, 0.15) is 11.4 Å². The first-order chi connectivity index (χ1) is 16.2. The molecule has 1 fully saturated rings. The summed E-state index contributed by atoms with van der Waals surface area (Å²) in [5.74, 6) is -3.32. The minimum Gasteiger partial charge on any atom is -0.494 e. The topological polar surface area (TPSA) is 115 Å². The predicted octanol–water partition coefficient (Wildman–Crippen LogP) is 2.74. The molecule has 34 heavy (non-hydrogen) atoms. The molecule has 0 radical (unpaired) electrons. The Morgan fingerprint density at radius 1 is 1.15 bits per heavy atom. The zero-order chi connectivity index (χ0) is 24.6. The fourth-order valence-corrected chi connectivity index (χ4v) is 4.33. The van der Waals surface area contributed by atoms with E-state index in [0.717, 1.165) is 6.07 Å². The van der Waals surface area contributed by atoms with Crippen LogP contribution in [-0.4, -0.2) is 41.7 Å². The Morgan fingerprint density at radius 2 is 1.85 bits per heavy atom. The molecule has 1 aliphatic heterocycles. The summed E-state index contributed by atoms with van der Waals surface area (Å²) in [4.78, 5) is 37.7. The molecule has 0 unspecified atom stereocenters. The number of fused-ring (bicyclic) bond motifs is 1. The largest absolute Gasteiger partial charge is 0.494 e. The van der Waals surface area contributed by atoms with Gasteiger partial charge in [0, 0.05) is 37.1 Å². The van der Waals surface area contributed by atoms with E-state index >= 15 is 4.39 Å². The zero-order valence-corrected chi connectivity index (χ0v) is 18.4. The van der Waals surface area contributed by atoms with E-state index < -0.39 is 28.6 Å². The van der Waals surface area contributed by atoms with E-state index in [1.54, 1.807) is 11.0 Å². The minimum atomic E-state index is -1.44. The number of hydrogen-bond donors (Lipinski definition) is 2. The number of aromatic nitrogens is 1. The third-order valence-corrected chi connectivity index (χ3v) is 6.19. The van der Waals surface area contributed by atoms with Gasteiger partial charge in [0.05, 0.1) is 18.3 Å². The number of nitrogens with two attached hydrogens (primary N) is 1. The highest BCUT2D eigenvalue weighted by molar-refractivity contribution is 5.93. The Labute approximate surface area is 193 Å². The maximum Gasteiger partial charge on any atom is 0.341 e. The van der Waals surface area contributed by atoms with Gasteiger partial charge in [-0.25, -0.2) is 13.6 Å². The van der Waals surface area contributed by atoms with Crippen molar-refractivity contribution in [1.29, 1.82) is 0 Å². The second-order valence-electron chi connectivity index (χ2n) is 8.26. The number of benzene rings is 2. The number of pyridine rings is 1. The lowest BCUT2D eigenvalue weighted by Crippen LogP contribution is -2.39. The highest BCUT2D eigenvalue weighted by atomic mass is 19.1. The summed E-state index contributed by atoms with van der Waals surface area (Å²) < 4.78 is 35.7. The molecule has 178 valence electrons. The summed E-state index contributed by atoms with van der Waals surface area (Å²) in [6.45, 7) is 0.834. The molecule has 8 nitrogen and oxygen atoms in total. The molecule has 0 aliphatic carbocycles. The fourth-order valence-electron chi connectivity index (χ4n) is 4.33. The molecule has 0 bridgehead atoms. The number of halogens is 2. The fraction of sp³-hybridized carbons (Fsp3) is 0.292. The number of rotatable bonds is 6. The Kier molecular flexibility index (Phi) is 6.23. The average Bonchev–Trinajstić information content (AvgIpc) is 2.80. The van der Waals surface area contributed by atoms with Crippen molar-refractivity contribution in [3.05, 3.63) is 69.5 Å². The number of methoxy groups -OCH3 is 1. The number of carbonyl (C=O) groups is 2. The Balaban J connectivity index is 1.81. The molecule has 10 heteroatoms. The van der Waals surface area contributed by atoms with Crippen LogP contribution in [0.5, 0.6) is 5.75 Å². The summed E-state index contributed by atoms with van der Waals surface area (Å²) in [6, 6.07) is 6.84. The maximum absolute atomic E-state index is 15.1. The average molecular weight is 471 g/mol. The van der Waals surface area contributed by atoms with Crippen LogP contribution in [0.2, 0.25) is 0 Å². The number of ether oxygens (including phenoxy) is 1. The van der Waals surface area contributed by atoms with Crippen molar-refractivity contribution in [3.8, 4) is 5.75 Å². The van der Waals surface area contributed by atoms with Crippen molar-refractivity contribution < 1.29 is 28.2 Å². The van der Waals surface area contributed by atoms with Crippen LogP contribution in [0, 0.1) is 17.6 Å². The van der Waals surface area contributed by atoms with Gasteiger partial charge in [-0.2, -0.15) is 0 Å². The van der Waals surface area contributed by atoms with Gasteiger partial charge in [-0.05, 0) is 42.7 Å². The van der Waals surface area contributed by atoms with Gasteiger partial charge in [0.15, 0.2) is 11.6 Å². The van der Waals surface area contributed by atoms with Crippen molar-refractivity contribution in [1.82, 2.24) is 4.57 Å². The van der Waals surface area contributed by atoms with Gasteiger partial charge in [-0.1, -0.05) is 6.07 Å². The second-order valence-corrected chi connectivity index (χ2v) is 8.26.